The molecule has 12 rings (SSSR count). The molecule has 58 heavy (non-hydrogen) atoms. The molecule has 0 fully saturated rings. The maximum absolute atomic E-state index is 2.67. The molecule has 3 unspecified atom stereocenters. The highest BCUT2D eigenvalue weighted by molar-refractivity contribution is 8.03. The lowest BCUT2D eigenvalue weighted by molar-refractivity contribution is 0.341. The third-order valence-corrected chi connectivity index (χ3v) is 15.2. The lowest BCUT2D eigenvalue weighted by Gasteiger charge is -2.39. The summed E-state index contributed by atoms with van der Waals surface area (Å²) in [5.41, 5.74) is 16.8. The minimum atomic E-state index is 0.0369. The molecule has 0 N–H and O–H groups in total. The van der Waals surface area contributed by atoms with Crippen LogP contribution in [0.15, 0.2) is 179 Å². The molecule has 2 heterocycles. The third kappa shape index (κ3) is 5.25. The zero-order valence-electron chi connectivity index (χ0n) is 32.9. The van der Waals surface area contributed by atoms with Crippen molar-refractivity contribution < 1.29 is 0 Å². The molecule has 1 spiro atoms. The summed E-state index contributed by atoms with van der Waals surface area (Å²) in [6, 6.07) is 48.3. The van der Waals surface area contributed by atoms with Gasteiger partial charge in [0.25, 0.3) is 0 Å². The molecular formula is C55H46N2S. The molecule has 3 heteroatoms. The van der Waals surface area contributed by atoms with E-state index in [1.165, 1.54) is 95.3 Å². The third-order valence-electron chi connectivity index (χ3n) is 14.1. The number of fused-ring (bicyclic) bond motifs is 9. The molecule has 6 aliphatic rings. The second-order valence-corrected chi connectivity index (χ2v) is 18.3. The average Bonchev–Trinajstić information content (AvgIpc) is 3.79. The maximum Gasteiger partial charge on any atom is 0.0598 e. The number of hydrogen-bond donors (Lipinski definition) is 0. The second-order valence-electron chi connectivity index (χ2n) is 17.3. The first-order valence-electron chi connectivity index (χ1n) is 21.3. The molecule has 0 saturated heterocycles. The van der Waals surface area contributed by atoms with Gasteiger partial charge >= 0.3 is 0 Å². The van der Waals surface area contributed by atoms with E-state index in [9.17, 15) is 0 Å². The zero-order valence-corrected chi connectivity index (χ0v) is 33.8. The number of para-hydroxylation sites is 2. The first-order valence-corrected chi connectivity index (χ1v) is 22.1. The summed E-state index contributed by atoms with van der Waals surface area (Å²) in [6.07, 6.45) is 22.7. The summed E-state index contributed by atoms with van der Waals surface area (Å²) in [5.74, 6) is 1.24. The van der Waals surface area contributed by atoms with Gasteiger partial charge in [-0.2, -0.15) is 0 Å². The number of anilines is 3. The van der Waals surface area contributed by atoms with Gasteiger partial charge < -0.3 is 9.80 Å². The van der Waals surface area contributed by atoms with Crippen molar-refractivity contribution in [3.05, 3.63) is 213 Å². The van der Waals surface area contributed by atoms with Crippen LogP contribution in [0.25, 0.3) is 22.9 Å². The van der Waals surface area contributed by atoms with Gasteiger partial charge in [-0.1, -0.05) is 158 Å². The molecule has 0 saturated carbocycles. The zero-order chi connectivity index (χ0) is 38.4. The van der Waals surface area contributed by atoms with Crippen LogP contribution in [0.4, 0.5) is 17.1 Å². The maximum atomic E-state index is 2.67. The SMILES string of the molecule is CC1CC=CC2=C1N(c1ccc(/C=C/c3ccc4c(c3)C3(Cc5ccccc5C3)C3C=C(N5CCCc6ccccc65)C=CC43)c3ccccc13)c1ccccc1S2. The quantitative estimate of drug-likeness (QED) is 0.165. The normalized spacial score (nSPS) is 22.2. The summed E-state index contributed by atoms with van der Waals surface area (Å²) in [4.78, 5) is 7.83. The van der Waals surface area contributed by atoms with E-state index in [1.807, 2.05) is 11.8 Å². The highest BCUT2D eigenvalue weighted by Crippen LogP contribution is 2.60. The number of benzene rings is 6. The Kier molecular flexibility index (Phi) is 7.92. The van der Waals surface area contributed by atoms with Crippen molar-refractivity contribution in [2.24, 2.45) is 11.8 Å². The lowest BCUT2D eigenvalue weighted by atomic mass is 9.69. The lowest BCUT2D eigenvalue weighted by Crippen LogP contribution is -2.36. The van der Waals surface area contributed by atoms with E-state index < -0.39 is 0 Å². The summed E-state index contributed by atoms with van der Waals surface area (Å²) in [5, 5.41) is 2.57. The van der Waals surface area contributed by atoms with Crippen LogP contribution in [0.5, 0.6) is 0 Å². The van der Waals surface area contributed by atoms with Gasteiger partial charge in [0.05, 0.1) is 11.4 Å². The Morgan fingerprint density at radius 3 is 2.33 bits per heavy atom. The summed E-state index contributed by atoms with van der Waals surface area (Å²) in [6.45, 7) is 3.45. The van der Waals surface area contributed by atoms with Crippen LogP contribution in [0, 0.1) is 11.8 Å². The molecule has 0 bridgehead atoms. The molecule has 2 aliphatic heterocycles. The minimum Gasteiger partial charge on any atom is -0.342 e. The van der Waals surface area contributed by atoms with E-state index in [-0.39, 0.29) is 5.41 Å². The van der Waals surface area contributed by atoms with Crippen molar-refractivity contribution in [3.8, 4) is 0 Å². The Labute approximate surface area is 346 Å². The van der Waals surface area contributed by atoms with Crippen LogP contribution in [-0.2, 0) is 24.7 Å². The van der Waals surface area contributed by atoms with Crippen LogP contribution < -0.4 is 9.80 Å². The Morgan fingerprint density at radius 2 is 1.47 bits per heavy atom. The second kappa shape index (κ2) is 13.4. The number of rotatable bonds is 4. The van der Waals surface area contributed by atoms with E-state index in [4.69, 9.17) is 0 Å². The number of aryl methyl sites for hydroxylation is 1. The first kappa shape index (κ1) is 34.3. The topological polar surface area (TPSA) is 6.48 Å². The number of nitrogens with zero attached hydrogens (tertiary/aromatic N) is 2. The summed E-state index contributed by atoms with van der Waals surface area (Å²) >= 11 is 1.91. The van der Waals surface area contributed by atoms with Gasteiger partial charge in [0.2, 0.25) is 0 Å². The Hall–Kier alpha value is -5.77. The largest absolute Gasteiger partial charge is 0.342 e. The molecule has 282 valence electrons. The van der Waals surface area contributed by atoms with Crippen molar-refractivity contribution >= 4 is 51.7 Å². The molecule has 6 aromatic carbocycles. The fourth-order valence-electron chi connectivity index (χ4n) is 11.4. The number of hydrogen-bond acceptors (Lipinski definition) is 3. The summed E-state index contributed by atoms with van der Waals surface area (Å²) in [7, 11) is 0. The van der Waals surface area contributed by atoms with E-state index >= 15 is 0 Å². The molecule has 4 aliphatic carbocycles. The van der Waals surface area contributed by atoms with Gasteiger partial charge in [-0.25, -0.2) is 0 Å². The number of thioether (sulfide) groups is 1. The van der Waals surface area contributed by atoms with Crippen molar-refractivity contribution in [2.45, 2.75) is 55.3 Å². The van der Waals surface area contributed by atoms with E-state index in [0.717, 1.165) is 25.8 Å². The van der Waals surface area contributed by atoms with Gasteiger partial charge in [0.15, 0.2) is 0 Å². The molecular weight excluding hydrogens is 721 g/mol. The fraction of sp³-hybridized carbons (Fsp3) is 0.200. The number of allylic oxidation sites excluding steroid dienone is 6. The molecule has 0 aromatic heterocycles. The predicted octanol–water partition coefficient (Wildman–Crippen LogP) is 13.7. The minimum absolute atomic E-state index is 0.0369. The Morgan fingerprint density at radius 1 is 0.707 bits per heavy atom. The van der Waals surface area contributed by atoms with E-state index in [2.05, 4.69) is 187 Å². The first-order chi connectivity index (χ1) is 28.6. The smallest absolute Gasteiger partial charge is 0.0598 e. The van der Waals surface area contributed by atoms with Crippen LogP contribution in [0.1, 0.15) is 64.6 Å². The highest BCUT2D eigenvalue weighted by atomic mass is 32.2. The molecule has 2 nitrogen and oxygen atoms in total. The fourth-order valence-corrected chi connectivity index (χ4v) is 12.6. The van der Waals surface area contributed by atoms with E-state index in [0.29, 0.717) is 17.8 Å². The van der Waals surface area contributed by atoms with Crippen molar-refractivity contribution in [1.82, 2.24) is 0 Å². The molecule has 0 amide bonds. The molecule has 0 radical (unpaired) electrons. The molecule has 6 aromatic rings. The van der Waals surface area contributed by atoms with Crippen LogP contribution in [-0.4, -0.2) is 6.54 Å². The Balaban J connectivity index is 0.929. The summed E-state index contributed by atoms with van der Waals surface area (Å²) < 4.78 is 0. The monoisotopic (exact) mass is 766 g/mol. The van der Waals surface area contributed by atoms with Crippen molar-refractivity contribution in [1.29, 1.82) is 0 Å². The van der Waals surface area contributed by atoms with Gasteiger partial charge in [-0.15, -0.1) is 0 Å². The van der Waals surface area contributed by atoms with Crippen molar-refractivity contribution in [2.75, 3.05) is 16.3 Å². The van der Waals surface area contributed by atoms with Crippen LogP contribution in [0.3, 0.4) is 0 Å². The van der Waals surface area contributed by atoms with Gasteiger partial charge in [0.1, 0.15) is 0 Å². The van der Waals surface area contributed by atoms with Gasteiger partial charge in [-0.3, -0.25) is 0 Å². The Bertz CT molecular complexity index is 2810. The van der Waals surface area contributed by atoms with Crippen LogP contribution >= 0.6 is 11.8 Å². The van der Waals surface area contributed by atoms with E-state index in [1.54, 1.807) is 5.56 Å². The van der Waals surface area contributed by atoms with Gasteiger partial charge in [-0.05, 0) is 113 Å². The predicted molar refractivity (Wildman–Crippen MR) is 245 cm³/mol. The van der Waals surface area contributed by atoms with Crippen LogP contribution in [0.2, 0.25) is 0 Å². The molecule has 3 atom stereocenters. The highest BCUT2D eigenvalue weighted by Gasteiger charge is 2.54. The van der Waals surface area contributed by atoms with Gasteiger partial charge in [0, 0.05) is 56.1 Å². The average molecular weight is 767 g/mol. The standard InChI is InChI=1S/C55H46N2S/c1-36-12-10-22-53-54(36)57(51-20-8-9-21-52(51)58-53)50-30-26-38(43-17-5-6-18-46(43)50)25-23-37-24-28-44-45-29-27-42(56-31-11-16-39-13-4-7-19-49(39)56)33-48(45)55(47(44)32-37)34-40-14-2-3-15-41(40)35-55/h2-10,13-15,17-30,32-33,36,45,48H,11-12,16,31,34-35H2,1H3/b25-23+. The van der Waals surface area contributed by atoms with Crippen molar-refractivity contribution in [3.63, 3.8) is 0 Å².